The van der Waals surface area contributed by atoms with Crippen molar-refractivity contribution in [3.8, 4) is 0 Å². The van der Waals surface area contributed by atoms with Gasteiger partial charge in [0.1, 0.15) is 0 Å². The number of aliphatic hydroxyl groups is 1. The van der Waals surface area contributed by atoms with E-state index in [2.05, 4.69) is 31.3 Å². The number of hydrogen-bond acceptors (Lipinski definition) is 4. The lowest BCUT2D eigenvalue weighted by atomic mass is 9.87. The summed E-state index contributed by atoms with van der Waals surface area (Å²) in [5.41, 5.74) is 0.804. The summed E-state index contributed by atoms with van der Waals surface area (Å²) in [7, 11) is 1.73. The smallest absolute Gasteiger partial charge is 0.0678 e. The van der Waals surface area contributed by atoms with Gasteiger partial charge in [-0.05, 0) is 31.6 Å². The third-order valence-corrected chi connectivity index (χ3v) is 4.21. The molecule has 0 radical (unpaired) electrons. The van der Waals surface area contributed by atoms with Crippen LogP contribution in [0.1, 0.15) is 25.8 Å². The predicted octanol–water partition coefficient (Wildman–Crippen LogP) is 2.64. The molecule has 0 bridgehead atoms. The van der Waals surface area contributed by atoms with E-state index in [1.807, 2.05) is 30.0 Å². The standard InChI is InChI=1S/C16H27NO2S/c1-14(2)17-16(13-18,9-11-20-12-10-19-3)15-7-5-4-6-8-15/h4-8,14,17-18H,9-13H2,1-3H3. The Balaban J connectivity index is 2.73. The van der Waals surface area contributed by atoms with Crippen LogP contribution in [0, 0.1) is 0 Å². The van der Waals surface area contributed by atoms with Gasteiger partial charge in [0.05, 0.1) is 18.8 Å². The Bertz CT molecular complexity index is 359. The van der Waals surface area contributed by atoms with Gasteiger partial charge in [-0.1, -0.05) is 30.3 Å². The van der Waals surface area contributed by atoms with Crippen molar-refractivity contribution in [2.45, 2.75) is 31.8 Å². The summed E-state index contributed by atoms with van der Waals surface area (Å²) < 4.78 is 5.06. The summed E-state index contributed by atoms with van der Waals surface area (Å²) in [6, 6.07) is 10.6. The zero-order chi connectivity index (χ0) is 14.8. The van der Waals surface area contributed by atoms with Gasteiger partial charge in [-0.25, -0.2) is 0 Å². The van der Waals surface area contributed by atoms with Gasteiger partial charge in [-0.15, -0.1) is 0 Å². The van der Waals surface area contributed by atoms with Gasteiger partial charge in [-0.3, -0.25) is 0 Å². The van der Waals surface area contributed by atoms with Crippen LogP contribution in [0.15, 0.2) is 30.3 Å². The fourth-order valence-corrected chi connectivity index (χ4v) is 3.30. The Hall–Kier alpha value is -0.550. The van der Waals surface area contributed by atoms with Crippen molar-refractivity contribution in [3.63, 3.8) is 0 Å². The number of thioether (sulfide) groups is 1. The summed E-state index contributed by atoms with van der Waals surface area (Å²) in [5.74, 6) is 1.99. The van der Waals surface area contributed by atoms with Crippen LogP contribution < -0.4 is 5.32 Å². The number of aliphatic hydroxyl groups excluding tert-OH is 1. The van der Waals surface area contributed by atoms with Gasteiger partial charge in [0, 0.05) is 18.9 Å². The van der Waals surface area contributed by atoms with Crippen LogP contribution in [0.3, 0.4) is 0 Å². The van der Waals surface area contributed by atoms with E-state index in [0.29, 0.717) is 6.04 Å². The Morgan fingerprint density at radius 1 is 1.25 bits per heavy atom. The van der Waals surface area contributed by atoms with Crippen molar-refractivity contribution in [3.05, 3.63) is 35.9 Å². The molecule has 1 unspecified atom stereocenters. The molecule has 3 nitrogen and oxygen atoms in total. The van der Waals surface area contributed by atoms with Crippen LogP contribution in [0.5, 0.6) is 0 Å². The molecule has 0 spiro atoms. The Kier molecular flexibility index (Phi) is 8.22. The highest BCUT2D eigenvalue weighted by Crippen LogP contribution is 2.27. The molecule has 0 aliphatic carbocycles. The van der Waals surface area contributed by atoms with Crippen LogP contribution in [0.4, 0.5) is 0 Å². The van der Waals surface area contributed by atoms with Gasteiger partial charge < -0.3 is 15.2 Å². The molecule has 0 aliphatic rings. The summed E-state index contributed by atoms with van der Waals surface area (Å²) in [5, 5.41) is 13.5. The first-order valence-electron chi connectivity index (χ1n) is 7.15. The predicted molar refractivity (Wildman–Crippen MR) is 87.3 cm³/mol. The van der Waals surface area contributed by atoms with E-state index < -0.39 is 0 Å². The Labute approximate surface area is 127 Å². The minimum absolute atomic E-state index is 0.111. The van der Waals surface area contributed by atoms with Crippen molar-refractivity contribution >= 4 is 11.8 Å². The molecule has 20 heavy (non-hydrogen) atoms. The van der Waals surface area contributed by atoms with Gasteiger partial charge in [0.15, 0.2) is 0 Å². The highest BCUT2D eigenvalue weighted by molar-refractivity contribution is 7.99. The number of ether oxygens (including phenoxy) is 1. The van der Waals surface area contributed by atoms with Crippen molar-refractivity contribution in [2.75, 3.05) is 31.8 Å². The van der Waals surface area contributed by atoms with Crippen molar-refractivity contribution < 1.29 is 9.84 Å². The van der Waals surface area contributed by atoms with Gasteiger partial charge in [-0.2, -0.15) is 11.8 Å². The summed E-state index contributed by atoms with van der Waals surface area (Å²) in [4.78, 5) is 0. The molecule has 114 valence electrons. The minimum Gasteiger partial charge on any atom is -0.394 e. The lowest BCUT2D eigenvalue weighted by Crippen LogP contribution is -2.49. The number of methoxy groups -OCH3 is 1. The molecule has 0 amide bonds. The Morgan fingerprint density at radius 2 is 1.95 bits per heavy atom. The molecule has 1 aromatic rings. The average molecular weight is 297 g/mol. The summed E-state index contributed by atoms with van der Waals surface area (Å²) in [6.45, 7) is 5.12. The second-order valence-corrected chi connectivity index (χ2v) is 6.49. The average Bonchev–Trinajstić information content (AvgIpc) is 2.46. The summed E-state index contributed by atoms with van der Waals surface area (Å²) >= 11 is 1.87. The largest absolute Gasteiger partial charge is 0.394 e. The molecule has 0 aliphatic heterocycles. The SMILES string of the molecule is COCCSCCC(CO)(NC(C)C)c1ccccc1. The minimum atomic E-state index is -0.352. The summed E-state index contributed by atoms with van der Waals surface area (Å²) in [6.07, 6.45) is 0.903. The molecular formula is C16H27NO2S. The van der Waals surface area contributed by atoms with E-state index in [9.17, 15) is 5.11 Å². The molecule has 0 heterocycles. The third kappa shape index (κ3) is 5.44. The number of benzene rings is 1. The van der Waals surface area contributed by atoms with E-state index in [4.69, 9.17) is 4.74 Å². The second kappa shape index (κ2) is 9.40. The van der Waals surface area contributed by atoms with Crippen LogP contribution in [0.25, 0.3) is 0 Å². The first-order valence-corrected chi connectivity index (χ1v) is 8.31. The van der Waals surface area contributed by atoms with E-state index in [-0.39, 0.29) is 12.1 Å². The second-order valence-electron chi connectivity index (χ2n) is 5.26. The zero-order valence-corrected chi connectivity index (χ0v) is 13.6. The molecule has 0 saturated heterocycles. The first-order chi connectivity index (χ1) is 9.64. The lowest BCUT2D eigenvalue weighted by Gasteiger charge is -2.36. The topological polar surface area (TPSA) is 41.5 Å². The first kappa shape index (κ1) is 17.5. The van der Waals surface area contributed by atoms with Crippen molar-refractivity contribution in [1.82, 2.24) is 5.32 Å². The van der Waals surface area contributed by atoms with Gasteiger partial charge in [0.2, 0.25) is 0 Å². The van der Waals surface area contributed by atoms with Gasteiger partial charge >= 0.3 is 0 Å². The lowest BCUT2D eigenvalue weighted by molar-refractivity contribution is 0.147. The number of rotatable bonds is 10. The Morgan fingerprint density at radius 3 is 2.50 bits per heavy atom. The highest BCUT2D eigenvalue weighted by Gasteiger charge is 2.31. The van der Waals surface area contributed by atoms with Crippen LogP contribution in [0.2, 0.25) is 0 Å². The monoisotopic (exact) mass is 297 g/mol. The molecular weight excluding hydrogens is 270 g/mol. The van der Waals surface area contributed by atoms with E-state index in [1.54, 1.807) is 7.11 Å². The normalized spacial score (nSPS) is 14.4. The van der Waals surface area contributed by atoms with Crippen LogP contribution in [-0.2, 0) is 10.3 Å². The third-order valence-electron chi connectivity index (χ3n) is 3.27. The quantitative estimate of drug-likeness (QED) is 0.652. The zero-order valence-electron chi connectivity index (χ0n) is 12.8. The van der Waals surface area contributed by atoms with E-state index in [0.717, 1.165) is 30.1 Å². The van der Waals surface area contributed by atoms with Crippen molar-refractivity contribution in [2.24, 2.45) is 0 Å². The molecule has 4 heteroatoms. The van der Waals surface area contributed by atoms with Gasteiger partial charge in [0.25, 0.3) is 0 Å². The van der Waals surface area contributed by atoms with Crippen LogP contribution in [-0.4, -0.2) is 43.0 Å². The molecule has 2 N–H and O–H groups in total. The maximum Gasteiger partial charge on any atom is 0.0678 e. The van der Waals surface area contributed by atoms with E-state index in [1.165, 1.54) is 0 Å². The number of nitrogens with one attached hydrogen (secondary N) is 1. The highest BCUT2D eigenvalue weighted by atomic mass is 32.2. The van der Waals surface area contributed by atoms with E-state index >= 15 is 0 Å². The fraction of sp³-hybridized carbons (Fsp3) is 0.625. The maximum absolute atomic E-state index is 9.99. The molecule has 0 aromatic heterocycles. The molecule has 1 aromatic carbocycles. The fourth-order valence-electron chi connectivity index (χ4n) is 2.32. The van der Waals surface area contributed by atoms with Crippen molar-refractivity contribution in [1.29, 1.82) is 0 Å². The maximum atomic E-state index is 9.99. The molecule has 0 saturated carbocycles. The van der Waals surface area contributed by atoms with Crippen LogP contribution >= 0.6 is 11.8 Å². The molecule has 1 atom stereocenters. The number of hydrogen-bond donors (Lipinski definition) is 2. The molecule has 0 fully saturated rings. The molecule has 1 rings (SSSR count).